The number of aromatic nitrogens is 4. The lowest BCUT2D eigenvalue weighted by molar-refractivity contribution is 0.589. The number of rotatable bonds is 5. The molecule has 0 radical (unpaired) electrons. The van der Waals surface area contributed by atoms with Crippen molar-refractivity contribution in [2.45, 2.75) is 19.5 Å². The molecule has 0 aliphatic carbocycles. The number of anilines is 1. The molecule has 0 aliphatic rings. The van der Waals surface area contributed by atoms with Gasteiger partial charge in [0.15, 0.2) is 10.8 Å². The molecule has 2 aromatic heterocycles. The molecule has 0 saturated carbocycles. The van der Waals surface area contributed by atoms with Crippen LogP contribution in [0.2, 0.25) is 5.15 Å². The number of aryl methyl sites for hydroxylation is 1. The van der Waals surface area contributed by atoms with Gasteiger partial charge in [0.2, 0.25) is 5.95 Å². The van der Waals surface area contributed by atoms with E-state index in [4.69, 9.17) is 17.3 Å². The minimum absolute atomic E-state index is 0.0164. The molecule has 25 heavy (non-hydrogen) atoms. The number of nitrogens with zero attached hydrogens (tertiary/aromatic N) is 4. The van der Waals surface area contributed by atoms with Crippen molar-refractivity contribution < 1.29 is 4.39 Å². The first kappa shape index (κ1) is 18.3. The van der Waals surface area contributed by atoms with Crippen LogP contribution in [-0.2, 0) is 13.1 Å². The first-order chi connectivity index (χ1) is 11.9. The van der Waals surface area contributed by atoms with Gasteiger partial charge in [-0.3, -0.25) is 9.13 Å². The summed E-state index contributed by atoms with van der Waals surface area (Å²) in [5.41, 5.74) is 6.40. The lowest BCUT2D eigenvalue weighted by atomic mass is 10.2. The van der Waals surface area contributed by atoms with Crippen LogP contribution in [0.1, 0.15) is 12.0 Å². The Balaban J connectivity index is 2.20. The van der Waals surface area contributed by atoms with Crippen molar-refractivity contribution in [1.82, 2.24) is 19.1 Å². The highest BCUT2D eigenvalue weighted by atomic mass is 79.9. The summed E-state index contributed by atoms with van der Waals surface area (Å²) in [4.78, 5) is 20.9. The molecule has 2 heterocycles. The summed E-state index contributed by atoms with van der Waals surface area (Å²) in [6.07, 6.45) is 0.715. The first-order valence-electron chi connectivity index (χ1n) is 7.34. The lowest BCUT2D eigenvalue weighted by Crippen LogP contribution is -2.25. The standard InChI is InChI=1S/C15H13Br2ClFN5O/c16-4-1-5-23-11-12(18)21-14(20)22-13(11)24(15(23)25)7-8-2-3-9(17)6-10(8)19/h2-3,6H,1,4-5,7H2,(H2,20,21,22). The Labute approximate surface area is 164 Å². The molecule has 3 rings (SSSR count). The highest BCUT2D eigenvalue weighted by Crippen LogP contribution is 2.23. The van der Waals surface area contributed by atoms with E-state index in [1.54, 1.807) is 12.1 Å². The smallest absolute Gasteiger partial charge is 0.330 e. The fourth-order valence-electron chi connectivity index (χ4n) is 2.57. The molecule has 2 N–H and O–H groups in total. The number of nitrogen functional groups attached to an aromatic ring is 1. The largest absolute Gasteiger partial charge is 0.368 e. The van der Waals surface area contributed by atoms with Crippen LogP contribution in [0.3, 0.4) is 0 Å². The third kappa shape index (κ3) is 3.58. The summed E-state index contributed by atoms with van der Waals surface area (Å²) in [7, 11) is 0. The van der Waals surface area contributed by atoms with Gasteiger partial charge in [-0.05, 0) is 18.6 Å². The summed E-state index contributed by atoms with van der Waals surface area (Å²) in [6.45, 7) is 0.450. The average molecular weight is 494 g/mol. The third-order valence-corrected chi connectivity index (χ3v) is 5.00. The zero-order valence-corrected chi connectivity index (χ0v) is 16.8. The molecule has 0 bridgehead atoms. The fourth-order valence-corrected chi connectivity index (χ4v) is 3.43. The van der Waals surface area contributed by atoms with E-state index >= 15 is 0 Å². The van der Waals surface area contributed by atoms with Crippen LogP contribution in [0.15, 0.2) is 27.5 Å². The highest BCUT2D eigenvalue weighted by molar-refractivity contribution is 9.10. The van der Waals surface area contributed by atoms with Crippen LogP contribution in [-0.4, -0.2) is 24.4 Å². The molecule has 0 unspecified atom stereocenters. The Morgan fingerprint density at radius 2 is 2.04 bits per heavy atom. The van der Waals surface area contributed by atoms with E-state index < -0.39 is 5.82 Å². The molecule has 3 aromatic rings. The summed E-state index contributed by atoms with van der Waals surface area (Å²) in [5.74, 6) is -0.462. The second kappa shape index (κ2) is 7.43. The Bertz CT molecular complexity index is 1000. The quantitative estimate of drug-likeness (QED) is 0.436. The number of nitrogens with two attached hydrogens (primary N) is 1. The Morgan fingerprint density at radius 1 is 1.28 bits per heavy atom. The van der Waals surface area contributed by atoms with Gasteiger partial charge in [-0.15, -0.1) is 0 Å². The molecule has 10 heteroatoms. The van der Waals surface area contributed by atoms with E-state index in [1.807, 2.05) is 0 Å². The average Bonchev–Trinajstić information content (AvgIpc) is 2.80. The molecule has 0 atom stereocenters. The number of fused-ring (bicyclic) bond motifs is 1. The summed E-state index contributed by atoms with van der Waals surface area (Å²) in [5, 5.41) is 0.824. The molecular formula is C15H13Br2ClFN5O. The van der Waals surface area contributed by atoms with Gasteiger partial charge in [-0.25, -0.2) is 9.18 Å². The molecular weight excluding hydrogens is 480 g/mol. The molecule has 0 fully saturated rings. The van der Waals surface area contributed by atoms with E-state index in [1.165, 1.54) is 15.2 Å². The maximum atomic E-state index is 14.2. The van der Waals surface area contributed by atoms with E-state index in [9.17, 15) is 9.18 Å². The van der Waals surface area contributed by atoms with Gasteiger partial charge in [0.05, 0.1) is 6.54 Å². The highest BCUT2D eigenvalue weighted by Gasteiger charge is 2.20. The van der Waals surface area contributed by atoms with Crippen LogP contribution in [0.4, 0.5) is 10.3 Å². The van der Waals surface area contributed by atoms with E-state index in [0.717, 1.165) is 5.33 Å². The van der Waals surface area contributed by atoms with Gasteiger partial charge < -0.3 is 5.73 Å². The molecule has 132 valence electrons. The minimum Gasteiger partial charge on any atom is -0.368 e. The number of hydrogen-bond donors (Lipinski definition) is 1. The van der Waals surface area contributed by atoms with Gasteiger partial charge in [0, 0.05) is 21.9 Å². The van der Waals surface area contributed by atoms with Crippen molar-refractivity contribution >= 4 is 60.6 Å². The van der Waals surface area contributed by atoms with Crippen LogP contribution in [0, 0.1) is 5.82 Å². The number of benzene rings is 1. The van der Waals surface area contributed by atoms with Gasteiger partial charge in [0.1, 0.15) is 11.3 Å². The molecule has 0 aliphatic heterocycles. The molecule has 1 aromatic carbocycles. The van der Waals surface area contributed by atoms with Gasteiger partial charge in [-0.1, -0.05) is 49.5 Å². The number of hydrogen-bond acceptors (Lipinski definition) is 4. The Kier molecular flexibility index (Phi) is 5.45. The predicted octanol–water partition coefficient (Wildman–Crippen LogP) is 3.56. The van der Waals surface area contributed by atoms with Crippen LogP contribution < -0.4 is 11.4 Å². The summed E-state index contributed by atoms with van der Waals surface area (Å²) < 4.78 is 17.7. The Morgan fingerprint density at radius 3 is 2.72 bits per heavy atom. The van der Waals surface area contributed by atoms with Crippen LogP contribution in [0.5, 0.6) is 0 Å². The SMILES string of the molecule is Nc1nc(Cl)c2c(n1)n(Cc1ccc(Br)cc1F)c(=O)n2CCCBr. The second-order valence-corrected chi connectivity index (χ2v) is 7.41. The van der Waals surface area contributed by atoms with Gasteiger partial charge in [0.25, 0.3) is 0 Å². The van der Waals surface area contributed by atoms with Crippen molar-refractivity contribution in [1.29, 1.82) is 0 Å². The maximum absolute atomic E-state index is 14.2. The van der Waals surface area contributed by atoms with Gasteiger partial charge in [-0.2, -0.15) is 9.97 Å². The zero-order valence-electron chi connectivity index (χ0n) is 12.8. The summed E-state index contributed by atoms with van der Waals surface area (Å²) in [6, 6.07) is 4.67. The maximum Gasteiger partial charge on any atom is 0.330 e. The van der Waals surface area contributed by atoms with Crippen molar-refractivity contribution in [2.24, 2.45) is 0 Å². The van der Waals surface area contributed by atoms with E-state index in [0.29, 0.717) is 34.2 Å². The summed E-state index contributed by atoms with van der Waals surface area (Å²) >= 11 is 12.7. The lowest BCUT2D eigenvalue weighted by Gasteiger charge is -2.05. The fraction of sp³-hybridized carbons (Fsp3) is 0.267. The normalized spacial score (nSPS) is 11.4. The monoisotopic (exact) mass is 491 g/mol. The van der Waals surface area contributed by atoms with E-state index in [2.05, 4.69) is 41.8 Å². The van der Waals surface area contributed by atoms with Crippen LogP contribution in [0.25, 0.3) is 11.2 Å². The van der Waals surface area contributed by atoms with Crippen molar-refractivity contribution in [3.05, 3.63) is 49.7 Å². The van der Waals surface area contributed by atoms with Crippen LogP contribution >= 0.6 is 43.5 Å². The van der Waals surface area contributed by atoms with Crippen molar-refractivity contribution in [3.63, 3.8) is 0 Å². The molecule has 0 spiro atoms. The molecule has 0 amide bonds. The third-order valence-electron chi connectivity index (χ3n) is 3.69. The second-order valence-electron chi connectivity index (χ2n) is 5.34. The molecule has 6 nitrogen and oxygen atoms in total. The topological polar surface area (TPSA) is 78.7 Å². The van der Waals surface area contributed by atoms with E-state index in [-0.39, 0.29) is 23.3 Å². The van der Waals surface area contributed by atoms with Gasteiger partial charge >= 0.3 is 5.69 Å². The number of halogens is 4. The zero-order chi connectivity index (χ0) is 18.1. The first-order valence-corrected chi connectivity index (χ1v) is 9.63. The molecule has 0 saturated heterocycles. The Hall–Kier alpha value is -1.45. The number of alkyl halides is 1. The van der Waals surface area contributed by atoms with Crippen molar-refractivity contribution in [2.75, 3.05) is 11.1 Å². The minimum atomic E-state index is -0.421. The van der Waals surface area contributed by atoms with Crippen molar-refractivity contribution in [3.8, 4) is 0 Å². The number of imidazole rings is 1. The predicted molar refractivity (Wildman–Crippen MR) is 103 cm³/mol.